The van der Waals surface area contributed by atoms with Crippen LogP contribution in [0.25, 0.3) is 0 Å². The summed E-state index contributed by atoms with van der Waals surface area (Å²) in [5, 5.41) is 8.91. The average molecular weight is 293 g/mol. The van der Waals surface area contributed by atoms with Gasteiger partial charge in [-0.1, -0.05) is 12.1 Å². The van der Waals surface area contributed by atoms with Crippen molar-refractivity contribution in [3.63, 3.8) is 0 Å². The summed E-state index contributed by atoms with van der Waals surface area (Å²) in [6.07, 6.45) is 0. The van der Waals surface area contributed by atoms with E-state index < -0.39 is 0 Å². The lowest BCUT2D eigenvalue weighted by molar-refractivity contribution is 0.471. The van der Waals surface area contributed by atoms with Crippen molar-refractivity contribution in [2.24, 2.45) is 0 Å². The first kappa shape index (κ1) is 13.0. The van der Waals surface area contributed by atoms with Gasteiger partial charge in [0.1, 0.15) is 5.75 Å². The number of hydrogen-bond donors (Lipinski definition) is 1. The Kier molecular flexibility index (Phi) is 7.86. The molecule has 0 aliphatic heterocycles. The van der Waals surface area contributed by atoms with Gasteiger partial charge in [0.15, 0.2) is 0 Å². The normalized spacial score (nSPS) is 7.30. The summed E-state index contributed by atoms with van der Waals surface area (Å²) in [6.45, 7) is 0. The third kappa shape index (κ3) is 3.49. The standard InChI is InChI=1S/C6H5IO.2ClH/c7-5-3-1-2-4-6(5)8;;/h1-4,8H;2*1H. The van der Waals surface area contributed by atoms with E-state index in [1.54, 1.807) is 12.1 Å². The third-order valence-corrected chi connectivity index (χ3v) is 1.76. The summed E-state index contributed by atoms with van der Waals surface area (Å²) in [5.74, 6) is 0.355. The largest absolute Gasteiger partial charge is 0.507 e. The van der Waals surface area contributed by atoms with Crippen LogP contribution in [0.2, 0.25) is 0 Å². The van der Waals surface area contributed by atoms with Crippen molar-refractivity contribution in [1.29, 1.82) is 0 Å². The molecule has 0 aromatic heterocycles. The molecule has 0 aliphatic carbocycles. The number of rotatable bonds is 0. The van der Waals surface area contributed by atoms with E-state index in [9.17, 15) is 0 Å². The monoisotopic (exact) mass is 292 g/mol. The molecule has 0 aliphatic rings. The zero-order valence-electron chi connectivity index (χ0n) is 4.95. The zero-order valence-corrected chi connectivity index (χ0v) is 8.74. The van der Waals surface area contributed by atoms with Gasteiger partial charge in [-0.3, -0.25) is 0 Å². The number of phenols is 1. The van der Waals surface area contributed by atoms with Crippen molar-refractivity contribution < 1.29 is 5.11 Å². The highest BCUT2D eigenvalue weighted by molar-refractivity contribution is 14.1. The number of hydrogen-bond acceptors (Lipinski definition) is 1. The Morgan fingerprint density at radius 2 is 1.60 bits per heavy atom. The van der Waals surface area contributed by atoms with E-state index in [4.69, 9.17) is 5.11 Å². The number of aromatic hydroxyl groups is 1. The molecule has 0 amide bonds. The summed E-state index contributed by atoms with van der Waals surface area (Å²) in [7, 11) is 0. The van der Waals surface area contributed by atoms with Crippen LogP contribution in [0.3, 0.4) is 0 Å². The van der Waals surface area contributed by atoms with Crippen LogP contribution in [0, 0.1) is 3.57 Å². The van der Waals surface area contributed by atoms with Crippen LogP contribution in [0.4, 0.5) is 0 Å². The van der Waals surface area contributed by atoms with Gasteiger partial charge in [-0.2, -0.15) is 0 Å². The fraction of sp³-hybridized carbons (Fsp3) is 0. The van der Waals surface area contributed by atoms with E-state index >= 15 is 0 Å². The van der Waals surface area contributed by atoms with Crippen LogP contribution in [0.1, 0.15) is 0 Å². The summed E-state index contributed by atoms with van der Waals surface area (Å²) in [5.41, 5.74) is 0. The van der Waals surface area contributed by atoms with Gasteiger partial charge in [-0.15, -0.1) is 24.8 Å². The van der Waals surface area contributed by atoms with Gasteiger partial charge in [0.05, 0.1) is 3.57 Å². The molecule has 1 N–H and O–H groups in total. The van der Waals surface area contributed by atoms with Crippen LogP contribution in [-0.4, -0.2) is 5.11 Å². The fourth-order valence-corrected chi connectivity index (χ4v) is 0.839. The molecule has 0 spiro atoms. The Morgan fingerprint density at radius 1 is 1.10 bits per heavy atom. The van der Waals surface area contributed by atoms with Gasteiger partial charge in [0.2, 0.25) is 0 Å². The van der Waals surface area contributed by atoms with Gasteiger partial charge in [0.25, 0.3) is 0 Å². The van der Waals surface area contributed by atoms with Crippen molar-refractivity contribution in [3.05, 3.63) is 27.8 Å². The second kappa shape index (κ2) is 6.07. The lowest BCUT2D eigenvalue weighted by atomic mass is 10.3. The molecule has 0 atom stereocenters. The van der Waals surface area contributed by atoms with Gasteiger partial charge in [0, 0.05) is 0 Å². The Hall–Kier alpha value is 0.330. The van der Waals surface area contributed by atoms with E-state index in [1.165, 1.54) is 0 Å². The van der Waals surface area contributed by atoms with Crippen LogP contribution in [0.5, 0.6) is 5.75 Å². The SMILES string of the molecule is Cl.Cl.Oc1ccccc1I. The zero-order chi connectivity index (χ0) is 5.98. The van der Waals surface area contributed by atoms with Gasteiger partial charge >= 0.3 is 0 Å². The summed E-state index contributed by atoms with van der Waals surface area (Å²) in [4.78, 5) is 0. The smallest absolute Gasteiger partial charge is 0.128 e. The fourth-order valence-electron chi connectivity index (χ4n) is 0.452. The maximum absolute atomic E-state index is 8.91. The van der Waals surface area contributed by atoms with Crippen molar-refractivity contribution in [2.45, 2.75) is 0 Å². The van der Waals surface area contributed by atoms with Crippen LogP contribution >= 0.6 is 47.4 Å². The quantitative estimate of drug-likeness (QED) is 0.729. The van der Waals surface area contributed by atoms with Crippen LogP contribution < -0.4 is 0 Å². The molecule has 0 bridgehead atoms. The molecular weight excluding hydrogens is 286 g/mol. The minimum absolute atomic E-state index is 0. The molecule has 0 saturated heterocycles. The maximum Gasteiger partial charge on any atom is 0.128 e. The van der Waals surface area contributed by atoms with E-state index in [0.29, 0.717) is 5.75 Å². The van der Waals surface area contributed by atoms with Crippen molar-refractivity contribution in [3.8, 4) is 5.75 Å². The Bertz CT molecular complexity index is 172. The summed E-state index contributed by atoms with van der Waals surface area (Å²) in [6, 6.07) is 7.22. The highest BCUT2D eigenvalue weighted by Crippen LogP contribution is 2.16. The second-order valence-electron chi connectivity index (χ2n) is 1.45. The van der Waals surface area contributed by atoms with Crippen LogP contribution in [0.15, 0.2) is 24.3 Å². The highest BCUT2D eigenvalue weighted by atomic mass is 127. The molecule has 0 radical (unpaired) electrons. The number of phenolic OH excluding ortho intramolecular Hbond substituents is 1. The lowest BCUT2D eigenvalue weighted by Gasteiger charge is -1.90. The topological polar surface area (TPSA) is 20.2 Å². The van der Waals surface area contributed by atoms with Crippen LogP contribution in [-0.2, 0) is 0 Å². The molecule has 4 heteroatoms. The van der Waals surface area contributed by atoms with Gasteiger partial charge in [-0.05, 0) is 34.7 Å². The minimum atomic E-state index is 0. The summed E-state index contributed by atoms with van der Waals surface area (Å²) < 4.78 is 0.894. The molecule has 1 aromatic rings. The Morgan fingerprint density at radius 3 is 1.90 bits per heavy atom. The number of benzene rings is 1. The van der Waals surface area contributed by atoms with E-state index in [0.717, 1.165) is 3.57 Å². The minimum Gasteiger partial charge on any atom is -0.507 e. The van der Waals surface area contributed by atoms with Gasteiger partial charge < -0.3 is 5.11 Å². The Balaban J connectivity index is 0. The Labute approximate surface area is 85.8 Å². The van der Waals surface area contributed by atoms with E-state index in [2.05, 4.69) is 22.6 Å². The third-order valence-electron chi connectivity index (χ3n) is 0.852. The van der Waals surface area contributed by atoms with Gasteiger partial charge in [-0.25, -0.2) is 0 Å². The van der Waals surface area contributed by atoms with Crippen molar-refractivity contribution >= 4 is 47.4 Å². The predicted molar refractivity (Wildman–Crippen MR) is 55.3 cm³/mol. The molecule has 10 heavy (non-hydrogen) atoms. The maximum atomic E-state index is 8.91. The number of para-hydroxylation sites is 1. The van der Waals surface area contributed by atoms with Crippen molar-refractivity contribution in [2.75, 3.05) is 0 Å². The first-order valence-electron chi connectivity index (χ1n) is 2.24. The molecule has 1 aromatic carbocycles. The molecule has 1 rings (SSSR count). The van der Waals surface area contributed by atoms with E-state index in [-0.39, 0.29) is 24.8 Å². The predicted octanol–water partition coefficient (Wildman–Crippen LogP) is 2.84. The molecule has 58 valence electrons. The molecule has 0 saturated carbocycles. The van der Waals surface area contributed by atoms with Crippen molar-refractivity contribution in [1.82, 2.24) is 0 Å². The molecule has 0 unspecified atom stereocenters. The number of halogens is 3. The average Bonchev–Trinajstić information content (AvgIpc) is 1.77. The molecule has 0 heterocycles. The first-order valence-corrected chi connectivity index (χ1v) is 3.32. The lowest BCUT2D eigenvalue weighted by Crippen LogP contribution is -1.67. The summed E-state index contributed by atoms with van der Waals surface area (Å²) >= 11 is 2.07. The second-order valence-corrected chi connectivity index (χ2v) is 2.61. The first-order chi connectivity index (χ1) is 3.80. The van der Waals surface area contributed by atoms with E-state index in [1.807, 2.05) is 12.1 Å². The molecule has 1 nitrogen and oxygen atoms in total. The highest BCUT2D eigenvalue weighted by Gasteiger charge is 1.89. The molecule has 0 fully saturated rings. The molecular formula is C6H7Cl2IO.